The number of carbonyl (C=O) groups excluding carboxylic acids is 1. The zero-order chi connectivity index (χ0) is 14.7. The number of hydrogen-bond acceptors (Lipinski definition) is 4. The molecule has 0 spiro atoms. The van der Waals surface area contributed by atoms with E-state index in [-0.39, 0.29) is 5.91 Å². The Balaban J connectivity index is 1.55. The minimum absolute atomic E-state index is 0.0289. The van der Waals surface area contributed by atoms with Crippen LogP contribution >= 0.6 is 0 Å². The molecule has 0 aromatic heterocycles. The Labute approximate surface area is 125 Å². The lowest BCUT2D eigenvalue weighted by molar-refractivity contribution is -0.117. The van der Waals surface area contributed by atoms with E-state index in [0.717, 1.165) is 30.4 Å². The molecule has 1 amide bonds. The molecular weight excluding hydrogens is 268 g/mol. The van der Waals surface area contributed by atoms with E-state index in [9.17, 15) is 4.79 Å². The number of carbonyl (C=O) groups is 1. The topological polar surface area (TPSA) is 50.8 Å². The first-order valence-electron chi connectivity index (χ1n) is 7.62. The van der Waals surface area contributed by atoms with Gasteiger partial charge in [0, 0.05) is 11.8 Å². The van der Waals surface area contributed by atoms with E-state index >= 15 is 0 Å². The van der Waals surface area contributed by atoms with E-state index in [1.807, 2.05) is 18.2 Å². The monoisotopic (exact) mass is 290 g/mol. The lowest BCUT2D eigenvalue weighted by Crippen LogP contribution is -2.38. The average molecular weight is 290 g/mol. The molecule has 5 heteroatoms. The summed E-state index contributed by atoms with van der Waals surface area (Å²) in [5.41, 5.74) is 0.759. The molecule has 1 saturated heterocycles. The second-order valence-electron chi connectivity index (χ2n) is 5.87. The highest BCUT2D eigenvalue weighted by Gasteiger charge is 2.18. The molecule has 0 atom stereocenters. The second kappa shape index (κ2) is 6.35. The number of likely N-dealkylation sites (tertiary alicyclic amines) is 1. The van der Waals surface area contributed by atoms with Crippen molar-refractivity contribution in [2.45, 2.75) is 19.8 Å². The molecule has 1 fully saturated rings. The molecule has 0 radical (unpaired) electrons. The summed E-state index contributed by atoms with van der Waals surface area (Å²) in [7, 11) is 0. The molecule has 0 unspecified atom stereocenters. The number of anilines is 1. The summed E-state index contributed by atoms with van der Waals surface area (Å²) < 4.78 is 11.0. The SMILES string of the molecule is CC1CCN(CC(=O)Nc2ccc3c(c2)OCCO3)CC1. The highest BCUT2D eigenvalue weighted by molar-refractivity contribution is 5.92. The Hall–Kier alpha value is -1.75. The van der Waals surface area contributed by atoms with Crippen LogP contribution in [0.2, 0.25) is 0 Å². The van der Waals surface area contributed by atoms with Gasteiger partial charge < -0.3 is 14.8 Å². The maximum atomic E-state index is 12.1. The second-order valence-corrected chi connectivity index (χ2v) is 5.87. The Morgan fingerprint density at radius 2 is 1.95 bits per heavy atom. The van der Waals surface area contributed by atoms with Gasteiger partial charge in [-0.05, 0) is 44.0 Å². The number of nitrogens with one attached hydrogen (secondary N) is 1. The summed E-state index contributed by atoms with van der Waals surface area (Å²) in [5, 5.41) is 2.93. The summed E-state index contributed by atoms with van der Waals surface area (Å²) in [4.78, 5) is 14.3. The standard InChI is InChI=1S/C16H22N2O3/c1-12-4-6-18(7-5-12)11-16(19)17-13-2-3-14-15(10-13)21-9-8-20-14/h2-3,10,12H,4-9,11H2,1H3,(H,17,19). The number of benzene rings is 1. The van der Waals surface area contributed by atoms with Gasteiger partial charge >= 0.3 is 0 Å². The van der Waals surface area contributed by atoms with Gasteiger partial charge in [-0.15, -0.1) is 0 Å². The van der Waals surface area contributed by atoms with Gasteiger partial charge in [0.2, 0.25) is 5.91 Å². The zero-order valence-corrected chi connectivity index (χ0v) is 12.4. The lowest BCUT2D eigenvalue weighted by atomic mass is 9.99. The van der Waals surface area contributed by atoms with Gasteiger partial charge in [0.05, 0.1) is 6.54 Å². The van der Waals surface area contributed by atoms with Gasteiger partial charge in [-0.25, -0.2) is 0 Å². The van der Waals surface area contributed by atoms with Crippen LogP contribution in [0.25, 0.3) is 0 Å². The van der Waals surface area contributed by atoms with Crippen LogP contribution in [0.5, 0.6) is 11.5 Å². The lowest BCUT2D eigenvalue weighted by Gasteiger charge is -2.29. The molecule has 1 aromatic rings. The van der Waals surface area contributed by atoms with Crippen molar-refractivity contribution in [1.82, 2.24) is 4.90 Å². The number of ether oxygens (including phenoxy) is 2. The summed E-state index contributed by atoms with van der Waals surface area (Å²) >= 11 is 0. The van der Waals surface area contributed by atoms with Crippen LogP contribution in [0.1, 0.15) is 19.8 Å². The van der Waals surface area contributed by atoms with E-state index in [1.165, 1.54) is 12.8 Å². The molecule has 21 heavy (non-hydrogen) atoms. The van der Waals surface area contributed by atoms with E-state index in [0.29, 0.717) is 25.5 Å². The Morgan fingerprint density at radius 1 is 1.24 bits per heavy atom. The van der Waals surface area contributed by atoms with Gasteiger partial charge in [-0.2, -0.15) is 0 Å². The Kier molecular flexibility index (Phi) is 4.29. The van der Waals surface area contributed by atoms with E-state index < -0.39 is 0 Å². The van der Waals surface area contributed by atoms with Gasteiger partial charge in [-0.1, -0.05) is 6.92 Å². The normalized spacial score (nSPS) is 19.3. The largest absolute Gasteiger partial charge is 0.486 e. The summed E-state index contributed by atoms with van der Waals surface area (Å²) in [6.07, 6.45) is 2.36. The molecule has 5 nitrogen and oxygen atoms in total. The highest BCUT2D eigenvalue weighted by atomic mass is 16.6. The van der Waals surface area contributed by atoms with Crippen molar-refractivity contribution in [2.24, 2.45) is 5.92 Å². The smallest absolute Gasteiger partial charge is 0.238 e. The maximum absolute atomic E-state index is 12.1. The van der Waals surface area contributed by atoms with Crippen LogP contribution in [0.3, 0.4) is 0 Å². The first-order chi connectivity index (χ1) is 10.2. The molecular formula is C16H22N2O3. The molecule has 114 valence electrons. The van der Waals surface area contributed by atoms with Crippen molar-refractivity contribution in [3.05, 3.63) is 18.2 Å². The number of hydrogen-bond donors (Lipinski definition) is 1. The quantitative estimate of drug-likeness (QED) is 0.926. The van der Waals surface area contributed by atoms with Crippen molar-refractivity contribution in [3.8, 4) is 11.5 Å². The number of nitrogens with zero attached hydrogens (tertiary/aromatic N) is 1. The molecule has 0 saturated carbocycles. The third-order valence-electron chi connectivity index (χ3n) is 4.07. The zero-order valence-electron chi connectivity index (χ0n) is 12.4. The van der Waals surface area contributed by atoms with Crippen LogP contribution in [-0.4, -0.2) is 43.7 Å². The van der Waals surface area contributed by atoms with Crippen molar-refractivity contribution in [2.75, 3.05) is 38.2 Å². The van der Waals surface area contributed by atoms with Crippen molar-refractivity contribution in [3.63, 3.8) is 0 Å². The minimum Gasteiger partial charge on any atom is -0.486 e. The van der Waals surface area contributed by atoms with Crippen molar-refractivity contribution in [1.29, 1.82) is 0 Å². The molecule has 2 aliphatic heterocycles. The summed E-state index contributed by atoms with van der Waals surface area (Å²) in [5.74, 6) is 2.25. The Morgan fingerprint density at radius 3 is 2.71 bits per heavy atom. The van der Waals surface area contributed by atoms with Gasteiger partial charge in [0.25, 0.3) is 0 Å². The number of piperidine rings is 1. The predicted octanol–water partition coefficient (Wildman–Crippen LogP) is 2.13. The van der Waals surface area contributed by atoms with Crippen LogP contribution in [0.4, 0.5) is 5.69 Å². The van der Waals surface area contributed by atoms with Crippen LogP contribution in [-0.2, 0) is 4.79 Å². The fraction of sp³-hybridized carbons (Fsp3) is 0.562. The van der Waals surface area contributed by atoms with Crippen LogP contribution < -0.4 is 14.8 Å². The molecule has 3 rings (SSSR count). The number of fused-ring (bicyclic) bond motifs is 1. The first kappa shape index (κ1) is 14.2. The molecule has 2 aliphatic rings. The molecule has 0 aliphatic carbocycles. The molecule has 0 bridgehead atoms. The third-order valence-corrected chi connectivity index (χ3v) is 4.07. The first-order valence-corrected chi connectivity index (χ1v) is 7.62. The number of amides is 1. The fourth-order valence-corrected chi connectivity index (χ4v) is 2.74. The maximum Gasteiger partial charge on any atom is 0.238 e. The molecule has 1 N–H and O–H groups in total. The van der Waals surface area contributed by atoms with Crippen molar-refractivity contribution >= 4 is 11.6 Å². The van der Waals surface area contributed by atoms with Gasteiger partial charge in [0.1, 0.15) is 13.2 Å². The van der Waals surface area contributed by atoms with Crippen molar-refractivity contribution < 1.29 is 14.3 Å². The highest BCUT2D eigenvalue weighted by Crippen LogP contribution is 2.32. The number of rotatable bonds is 3. The Bertz CT molecular complexity index is 510. The molecule has 2 heterocycles. The minimum atomic E-state index is 0.0289. The molecule has 1 aromatic carbocycles. The third kappa shape index (κ3) is 3.67. The van der Waals surface area contributed by atoms with Gasteiger partial charge in [-0.3, -0.25) is 9.69 Å². The van der Waals surface area contributed by atoms with E-state index in [4.69, 9.17) is 9.47 Å². The van der Waals surface area contributed by atoms with E-state index in [1.54, 1.807) is 0 Å². The summed E-state index contributed by atoms with van der Waals surface area (Å²) in [6, 6.07) is 5.51. The van der Waals surface area contributed by atoms with Crippen LogP contribution in [0.15, 0.2) is 18.2 Å². The summed E-state index contributed by atoms with van der Waals surface area (Å²) in [6.45, 7) is 5.88. The van der Waals surface area contributed by atoms with Crippen LogP contribution in [0, 0.1) is 5.92 Å². The van der Waals surface area contributed by atoms with E-state index in [2.05, 4.69) is 17.1 Å². The predicted molar refractivity (Wildman–Crippen MR) is 80.9 cm³/mol. The van der Waals surface area contributed by atoms with Gasteiger partial charge in [0.15, 0.2) is 11.5 Å². The average Bonchev–Trinajstić information content (AvgIpc) is 2.49. The fourth-order valence-electron chi connectivity index (χ4n) is 2.74.